The third-order valence-corrected chi connectivity index (χ3v) is 3.81. The Balaban J connectivity index is 2.09. The molecule has 7 heteroatoms. The third kappa shape index (κ3) is 4.84. The first kappa shape index (κ1) is 16.0. The zero-order valence-corrected chi connectivity index (χ0v) is 12.5. The van der Waals surface area contributed by atoms with Crippen LogP contribution < -0.4 is 0 Å². The second kappa shape index (κ2) is 7.06. The number of halogens is 3. The molecule has 0 unspecified atom stereocenters. The van der Waals surface area contributed by atoms with E-state index in [1.165, 1.54) is 11.8 Å². The summed E-state index contributed by atoms with van der Waals surface area (Å²) in [5.41, 5.74) is 1.68. The topological polar surface area (TPSA) is 38.7 Å². The van der Waals surface area contributed by atoms with Crippen LogP contribution in [-0.4, -0.2) is 26.9 Å². The molecule has 0 bridgehead atoms. The van der Waals surface area contributed by atoms with Gasteiger partial charge in [-0.3, -0.25) is 4.98 Å². The highest BCUT2D eigenvalue weighted by atomic mass is 32.2. The zero-order valence-electron chi connectivity index (χ0n) is 11.7. The molecular weight excluding hydrogens is 299 g/mol. The van der Waals surface area contributed by atoms with Crippen molar-refractivity contribution >= 4 is 22.7 Å². The first-order valence-corrected chi connectivity index (χ1v) is 7.78. The van der Waals surface area contributed by atoms with Crippen molar-refractivity contribution in [3.05, 3.63) is 24.2 Å². The quantitative estimate of drug-likeness (QED) is 0.449. The first-order valence-electron chi connectivity index (χ1n) is 6.80. The van der Waals surface area contributed by atoms with E-state index in [1.807, 2.05) is 6.07 Å². The smallest absolute Gasteiger partial charge is 0.262 e. The minimum atomic E-state index is -4.10. The molecule has 2 rings (SSSR count). The molecule has 2 aromatic heterocycles. The van der Waals surface area contributed by atoms with Crippen molar-refractivity contribution in [3.63, 3.8) is 0 Å². The molecule has 2 heterocycles. The van der Waals surface area contributed by atoms with E-state index in [2.05, 4.69) is 21.9 Å². The van der Waals surface area contributed by atoms with Crippen LogP contribution >= 0.6 is 11.8 Å². The molecule has 0 fully saturated rings. The van der Waals surface area contributed by atoms with Crippen LogP contribution in [0.4, 0.5) is 13.2 Å². The highest BCUT2D eigenvalue weighted by Crippen LogP contribution is 2.25. The standard InChI is InChI=1S/C14H16F3N3S/c1-2-4-11-10-5-7-18-9-12(10)20-13(19-11)21-8-3-6-14(15,16)17/h5,7,9H,2-4,6,8H2,1H3. The number of aromatic nitrogens is 3. The Morgan fingerprint density at radius 3 is 2.76 bits per heavy atom. The summed E-state index contributed by atoms with van der Waals surface area (Å²) in [4.78, 5) is 12.9. The molecule has 0 aliphatic rings. The van der Waals surface area contributed by atoms with Crippen molar-refractivity contribution in [2.75, 3.05) is 5.75 Å². The van der Waals surface area contributed by atoms with Gasteiger partial charge >= 0.3 is 6.18 Å². The average Bonchev–Trinajstić information content (AvgIpc) is 2.43. The summed E-state index contributed by atoms with van der Waals surface area (Å²) in [6.07, 6.45) is 0.341. The number of pyridine rings is 1. The van der Waals surface area contributed by atoms with Crippen LogP contribution in [0.25, 0.3) is 10.9 Å². The number of hydrogen-bond acceptors (Lipinski definition) is 4. The molecule has 0 aliphatic carbocycles. The summed E-state index contributed by atoms with van der Waals surface area (Å²) in [5.74, 6) is 0.358. The summed E-state index contributed by atoms with van der Waals surface area (Å²) < 4.78 is 36.3. The van der Waals surface area contributed by atoms with E-state index in [1.54, 1.807) is 12.4 Å². The van der Waals surface area contributed by atoms with Crippen LogP contribution in [0.2, 0.25) is 0 Å². The first-order chi connectivity index (χ1) is 9.99. The van der Waals surface area contributed by atoms with Crippen molar-refractivity contribution in [1.29, 1.82) is 0 Å². The maximum atomic E-state index is 12.1. The zero-order chi connectivity index (χ0) is 15.3. The van der Waals surface area contributed by atoms with Gasteiger partial charge in [0.15, 0.2) is 5.16 Å². The van der Waals surface area contributed by atoms with Crippen molar-refractivity contribution < 1.29 is 13.2 Å². The highest BCUT2D eigenvalue weighted by molar-refractivity contribution is 7.99. The predicted molar refractivity (Wildman–Crippen MR) is 77.3 cm³/mol. The van der Waals surface area contributed by atoms with E-state index in [9.17, 15) is 13.2 Å². The molecule has 0 N–H and O–H groups in total. The average molecular weight is 315 g/mol. The lowest BCUT2D eigenvalue weighted by Crippen LogP contribution is -2.07. The van der Waals surface area contributed by atoms with E-state index < -0.39 is 12.6 Å². The van der Waals surface area contributed by atoms with Gasteiger partial charge in [0.2, 0.25) is 0 Å². The molecule has 2 aromatic rings. The van der Waals surface area contributed by atoms with Crippen molar-refractivity contribution in [1.82, 2.24) is 15.0 Å². The maximum Gasteiger partial charge on any atom is 0.389 e. The lowest BCUT2D eigenvalue weighted by molar-refractivity contribution is -0.134. The van der Waals surface area contributed by atoms with Gasteiger partial charge in [0.1, 0.15) is 0 Å². The van der Waals surface area contributed by atoms with E-state index >= 15 is 0 Å². The minimum Gasteiger partial charge on any atom is -0.262 e. The van der Waals surface area contributed by atoms with Crippen molar-refractivity contribution in [2.24, 2.45) is 0 Å². The van der Waals surface area contributed by atoms with Gasteiger partial charge in [-0.15, -0.1) is 0 Å². The summed E-state index contributed by atoms with van der Waals surface area (Å²) >= 11 is 1.27. The fourth-order valence-corrected chi connectivity index (χ4v) is 2.76. The summed E-state index contributed by atoms with van der Waals surface area (Å²) in [6.45, 7) is 2.06. The maximum absolute atomic E-state index is 12.1. The molecule has 0 atom stereocenters. The Morgan fingerprint density at radius 2 is 2.05 bits per heavy atom. The van der Waals surface area contributed by atoms with Gasteiger partial charge in [-0.25, -0.2) is 9.97 Å². The molecule has 0 aromatic carbocycles. The molecule has 0 aliphatic heterocycles. The number of aryl methyl sites for hydroxylation is 1. The largest absolute Gasteiger partial charge is 0.389 e. The SMILES string of the molecule is CCCc1nc(SCCCC(F)(F)F)nc2cnccc12. The number of rotatable bonds is 6. The van der Waals surface area contributed by atoms with Crippen molar-refractivity contribution in [2.45, 2.75) is 43.9 Å². The molecule has 0 saturated carbocycles. The fraction of sp³-hybridized carbons (Fsp3) is 0.500. The normalized spacial score (nSPS) is 12.0. The number of alkyl halides is 3. The lowest BCUT2D eigenvalue weighted by atomic mass is 10.1. The van der Waals surface area contributed by atoms with Crippen molar-refractivity contribution in [3.8, 4) is 0 Å². The summed E-state index contributed by atoms with van der Waals surface area (Å²) in [7, 11) is 0. The highest BCUT2D eigenvalue weighted by Gasteiger charge is 2.26. The molecular formula is C14H16F3N3S. The molecule has 0 radical (unpaired) electrons. The number of nitrogens with zero attached hydrogens (tertiary/aromatic N) is 3. The predicted octanol–water partition coefficient (Wildman–Crippen LogP) is 4.41. The van der Waals surface area contributed by atoms with Crippen LogP contribution in [0, 0.1) is 0 Å². The van der Waals surface area contributed by atoms with Gasteiger partial charge in [-0.1, -0.05) is 25.1 Å². The third-order valence-electron chi connectivity index (χ3n) is 2.88. The van der Waals surface area contributed by atoms with E-state index in [-0.39, 0.29) is 6.42 Å². The van der Waals surface area contributed by atoms with Crippen LogP contribution in [0.15, 0.2) is 23.6 Å². The molecule has 0 amide bonds. The van der Waals surface area contributed by atoms with Gasteiger partial charge in [0, 0.05) is 23.8 Å². The Labute approximate surface area is 125 Å². The molecule has 114 valence electrons. The fourth-order valence-electron chi connectivity index (χ4n) is 1.95. The van der Waals surface area contributed by atoms with Gasteiger partial charge < -0.3 is 0 Å². The molecule has 3 nitrogen and oxygen atoms in total. The second-order valence-corrected chi connectivity index (χ2v) is 5.72. The van der Waals surface area contributed by atoms with E-state index in [0.29, 0.717) is 10.9 Å². The van der Waals surface area contributed by atoms with Gasteiger partial charge in [0.25, 0.3) is 0 Å². The van der Waals surface area contributed by atoms with E-state index in [0.717, 1.165) is 29.4 Å². The van der Waals surface area contributed by atoms with Gasteiger partial charge in [-0.05, 0) is 18.9 Å². The number of thioether (sulfide) groups is 1. The van der Waals surface area contributed by atoms with Crippen LogP contribution in [0.3, 0.4) is 0 Å². The van der Waals surface area contributed by atoms with Crippen LogP contribution in [-0.2, 0) is 6.42 Å². The Morgan fingerprint density at radius 1 is 1.24 bits per heavy atom. The second-order valence-electron chi connectivity index (χ2n) is 4.66. The van der Waals surface area contributed by atoms with Crippen LogP contribution in [0.5, 0.6) is 0 Å². The summed E-state index contributed by atoms with van der Waals surface area (Å²) in [5, 5.41) is 1.49. The Hall–Kier alpha value is -1.37. The molecule has 0 spiro atoms. The summed E-state index contributed by atoms with van der Waals surface area (Å²) in [6, 6.07) is 1.87. The monoisotopic (exact) mass is 315 g/mol. The Bertz CT molecular complexity index is 602. The van der Waals surface area contributed by atoms with Gasteiger partial charge in [0.05, 0.1) is 17.4 Å². The van der Waals surface area contributed by atoms with Gasteiger partial charge in [-0.2, -0.15) is 13.2 Å². The van der Waals surface area contributed by atoms with Crippen LogP contribution in [0.1, 0.15) is 31.9 Å². The number of hydrogen-bond donors (Lipinski definition) is 0. The molecule has 21 heavy (non-hydrogen) atoms. The molecule has 0 saturated heterocycles. The Kier molecular flexibility index (Phi) is 5.39. The number of fused-ring (bicyclic) bond motifs is 1. The van der Waals surface area contributed by atoms with E-state index in [4.69, 9.17) is 0 Å². The minimum absolute atomic E-state index is 0.0751. The lowest BCUT2D eigenvalue weighted by Gasteiger charge is -2.08.